The molecule has 0 saturated heterocycles. The number of aliphatic hydroxyl groups is 5. The van der Waals surface area contributed by atoms with E-state index in [1.54, 1.807) is 0 Å². The summed E-state index contributed by atoms with van der Waals surface area (Å²) >= 11 is 0. The van der Waals surface area contributed by atoms with Crippen LogP contribution in [0, 0.1) is 0 Å². The maximum absolute atomic E-state index is 9.70. The molecule has 0 aromatic rings. The molecule has 5 N–H and O–H groups in total. The highest BCUT2D eigenvalue weighted by atomic mass is 16.4. The minimum Gasteiger partial charge on any atom is -0.394 e. The molecule has 2 unspecified atom stereocenters. The first kappa shape index (κ1) is 12.8. The van der Waals surface area contributed by atoms with E-state index in [0.29, 0.717) is 0 Å². The standard InChI is InChI=1S/C8H18O5/c1-5(10)8(13,6(2)11)3-7(12)4-9/h5-7,9-13H,3-4H2,1-2H3/t5-,6?,7-,8?/m1/s1. The first-order chi connectivity index (χ1) is 5.84. The van der Waals surface area contributed by atoms with Crippen LogP contribution < -0.4 is 0 Å². The quantitative estimate of drug-likeness (QED) is 0.356. The van der Waals surface area contributed by atoms with Crippen LogP contribution in [0.15, 0.2) is 0 Å². The Labute approximate surface area is 77.3 Å². The molecule has 0 rings (SSSR count). The van der Waals surface area contributed by atoms with E-state index in [9.17, 15) is 15.3 Å². The summed E-state index contributed by atoms with van der Waals surface area (Å²) in [5, 5.41) is 45.7. The van der Waals surface area contributed by atoms with Crippen LogP contribution in [0.2, 0.25) is 0 Å². The van der Waals surface area contributed by atoms with Crippen LogP contribution in [0.1, 0.15) is 20.3 Å². The summed E-state index contributed by atoms with van der Waals surface area (Å²) in [6.45, 7) is 2.12. The highest BCUT2D eigenvalue weighted by molar-refractivity contribution is 4.90. The van der Waals surface area contributed by atoms with Gasteiger partial charge in [-0.2, -0.15) is 0 Å². The lowest BCUT2D eigenvalue weighted by Crippen LogP contribution is -2.52. The molecule has 0 radical (unpaired) electrons. The Balaban J connectivity index is 4.42. The van der Waals surface area contributed by atoms with Gasteiger partial charge >= 0.3 is 0 Å². The molecule has 0 bridgehead atoms. The van der Waals surface area contributed by atoms with E-state index in [4.69, 9.17) is 10.2 Å². The average Bonchev–Trinajstić information content (AvgIpc) is 2.03. The predicted octanol–water partition coefficient (Wildman–Crippen LogP) is -1.78. The lowest BCUT2D eigenvalue weighted by Gasteiger charge is -2.35. The van der Waals surface area contributed by atoms with E-state index in [2.05, 4.69) is 0 Å². The zero-order valence-corrected chi connectivity index (χ0v) is 7.88. The van der Waals surface area contributed by atoms with Crippen molar-refractivity contribution in [2.24, 2.45) is 0 Å². The van der Waals surface area contributed by atoms with Crippen molar-refractivity contribution in [3.05, 3.63) is 0 Å². The van der Waals surface area contributed by atoms with Crippen molar-refractivity contribution >= 4 is 0 Å². The van der Waals surface area contributed by atoms with Gasteiger partial charge < -0.3 is 25.5 Å². The largest absolute Gasteiger partial charge is 0.394 e. The van der Waals surface area contributed by atoms with E-state index < -0.39 is 30.5 Å². The average molecular weight is 194 g/mol. The second-order valence-electron chi connectivity index (χ2n) is 3.38. The van der Waals surface area contributed by atoms with Crippen LogP contribution in [0.4, 0.5) is 0 Å². The fourth-order valence-electron chi connectivity index (χ4n) is 1.13. The maximum atomic E-state index is 9.70. The Morgan fingerprint density at radius 3 is 1.69 bits per heavy atom. The van der Waals surface area contributed by atoms with E-state index in [-0.39, 0.29) is 6.42 Å². The van der Waals surface area contributed by atoms with Crippen molar-refractivity contribution in [1.82, 2.24) is 0 Å². The van der Waals surface area contributed by atoms with E-state index >= 15 is 0 Å². The van der Waals surface area contributed by atoms with Crippen molar-refractivity contribution in [3.8, 4) is 0 Å². The van der Waals surface area contributed by atoms with E-state index in [0.717, 1.165) is 0 Å². The molecular formula is C8H18O5. The van der Waals surface area contributed by atoms with Crippen molar-refractivity contribution in [1.29, 1.82) is 0 Å². The van der Waals surface area contributed by atoms with Crippen molar-refractivity contribution < 1.29 is 25.5 Å². The van der Waals surface area contributed by atoms with Gasteiger partial charge in [-0.15, -0.1) is 0 Å². The van der Waals surface area contributed by atoms with Crippen LogP contribution in [-0.2, 0) is 0 Å². The number of aliphatic hydroxyl groups excluding tert-OH is 4. The van der Waals surface area contributed by atoms with Crippen molar-refractivity contribution in [2.75, 3.05) is 6.61 Å². The topological polar surface area (TPSA) is 101 Å². The summed E-state index contributed by atoms with van der Waals surface area (Å²) in [7, 11) is 0. The second kappa shape index (κ2) is 4.88. The van der Waals surface area contributed by atoms with Crippen LogP contribution in [0.25, 0.3) is 0 Å². The SMILES string of the molecule is CC(O)C(O)(C[C@@H](O)CO)[C@@H](C)O. The molecule has 0 spiro atoms. The van der Waals surface area contributed by atoms with Crippen molar-refractivity contribution in [3.63, 3.8) is 0 Å². The minimum atomic E-state index is -1.78. The fourth-order valence-corrected chi connectivity index (χ4v) is 1.13. The molecule has 0 aliphatic carbocycles. The Bertz CT molecular complexity index is 137. The van der Waals surface area contributed by atoms with Crippen LogP contribution in [0.5, 0.6) is 0 Å². The molecule has 80 valence electrons. The van der Waals surface area contributed by atoms with Gasteiger partial charge in [0, 0.05) is 6.42 Å². The summed E-state index contributed by atoms with van der Waals surface area (Å²) < 4.78 is 0. The first-order valence-corrected chi connectivity index (χ1v) is 4.22. The molecule has 13 heavy (non-hydrogen) atoms. The molecule has 0 fully saturated rings. The van der Waals surface area contributed by atoms with Crippen LogP contribution in [-0.4, -0.2) is 56.1 Å². The predicted molar refractivity (Wildman–Crippen MR) is 46.0 cm³/mol. The summed E-state index contributed by atoms with van der Waals surface area (Å²) in [6.07, 6.45) is -3.75. The van der Waals surface area contributed by atoms with Gasteiger partial charge in [0.05, 0.1) is 24.9 Å². The van der Waals surface area contributed by atoms with Crippen molar-refractivity contribution in [2.45, 2.75) is 44.2 Å². The lowest BCUT2D eigenvalue weighted by molar-refractivity contribution is -0.155. The molecule has 0 amide bonds. The lowest BCUT2D eigenvalue weighted by atomic mass is 9.86. The molecule has 0 saturated carbocycles. The van der Waals surface area contributed by atoms with Gasteiger partial charge in [0.15, 0.2) is 0 Å². The molecule has 5 heteroatoms. The molecule has 0 aromatic carbocycles. The van der Waals surface area contributed by atoms with Gasteiger partial charge in [-0.25, -0.2) is 0 Å². The Morgan fingerprint density at radius 1 is 1.08 bits per heavy atom. The zero-order valence-electron chi connectivity index (χ0n) is 7.88. The molecule has 0 aliphatic rings. The minimum absolute atomic E-state index is 0.265. The highest BCUT2D eigenvalue weighted by Crippen LogP contribution is 2.22. The van der Waals surface area contributed by atoms with Gasteiger partial charge in [-0.1, -0.05) is 0 Å². The molecule has 5 nitrogen and oxygen atoms in total. The van der Waals surface area contributed by atoms with Gasteiger partial charge in [-0.05, 0) is 13.8 Å². The van der Waals surface area contributed by atoms with Crippen LogP contribution in [0.3, 0.4) is 0 Å². The molecule has 0 heterocycles. The van der Waals surface area contributed by atoms with Gasteiger partial charge in [0.1, 0.15) is 5.60 Å². The molecule has 0 aliphatic heterocycles. The number of hydrogen-bond acceptors (Lipinski definition) is 5. The third-order valence-corrected chi connectivity index (χ3v) is 2.22. The highest BCUT2D eigenvalue weighted by Gasteiger charge is 2.39. The first-order valence-electron chi connectivity index (χ1n) is 4.22. The van der Waals surface area contributed by atoms with Gasteiger partial charge in [-0.3, -0.25) is 0 Å². The Kier molecular flexibility index (Phi) is 4.80. The zero-order chi connectivity index (χ0) is 10.6. The Morgan fingerprint density at radius 2 is 1.46 bits per heavy atom. The van der Waals surface area contributed by atoms with Gasteiger partial charge in [0.25, 0.3) is 0 Å². The fraction of sp³-hybridized carbons (Fsp3) is 1.00. The smallest absolute Gasteiger partial charge is 0.118 e. The maximum Gasteiger partial charge on any atom is 0.118 e. The summed E-state index contributed by atoms with van der Waals surface area (Å²) in [5.41, 5.74) is -1.78. The summed E-state index contributed by atoms with van der Waals surface area (Å²) in [4.78, 5) is 0. The Hall–Kier alpha value is -0.200. The molecule has 4 atom stereocenters. The third kappa shape index (κ3) is 3.21. The normalized spacial score (nSPS) is 23.3. The van der Waals surface area contributed by atoms with Gasteiger partial charge in [0.2, 0.25) is 0 Å². The second-order valence-corrected chi connectivity index (χ2v) is 3.38. The number of hydrogen-bond donors (Lipinski definition) is 5. The monoisotopic (exact) mass is 194 g/mol. The van der Waals surface area contributed by atoms with E-state index in [1.165, 1.54) is 13.8 Å². The number of rotatable bonds is 5. The molecule has 0 aromatic heterocycles. The summed E-state index contributed by atoms with van der Waals surface area (Å²) in [6, 6.07) is 0. The third-order valence-electron chi connectivity index (χ3n) is 2.22. The van der Waals surface area contributed by atoms with E-state index in [1.807, 2.05) is 0 Å². The van der Waals surface area contributed by atoms with Crippen LogP contribution >= 0.6 is 0 Å². The summed E-state index contributed by atoms with van der Waals surface area (Å²) in [5.74, 6) is 0. The molecular weight excluding hydrogens is 176 g/mol.